The minimum Gasteiger partial charge on any atom is -0.150 e. The smallest absolute Gasteiger partial charge is 0.107 e. The van der Waals surface area contributed by atoms with Crippen molar-refractivity contribution in [1.29, 1.82) is 0 Å². The summed E-state index contributed by atoms with van der Waals surface area (Å²) in [5, 5.41) is 11.1. The fourth-order valence-corrected chi connectivity index (χ4v) is 2.61. The second kappa shape index (κ2) is 5.70. The van der Waals surface area contributed by atoms with E-state index in [2.05, 4.69) is 41.9 Å². The van der Waals surface area contributed by atoms with E-state index in [9.17, 15) is 0 Å². The van der Waals surface area contributed by atoms with Gasteiger partial charge in [-0.1, -0.05) is 48.0 Å². The monoisotopic (exact) mass is 292 g/mol. The molecule has 21 heavy (non-hydrogen) atoms. The van der Waals surface area contributed by atoms with Crippen molar-refractivity contribution in [2.45, 2.75) is 18.7 Å². The number of fused-ring (bicyclic) bond motifs is 1. The minimum atomic E-state index is 0.816. The second-order valence-corrected chi connectivity index (χ2v) is 5.63. The van der Waals surface area contributed by atoms with E-state index < -0.39 is 0 Å². The Kier molecular flexibility index (Phi) is 3.76. The van der Waals surface area contributed by atoms with Crippen LogP contribution in [-0.4, -0.2) is 0 Å². The summed E-state index contributed by atoms with van der Waals surface area (Å²) < 4.78 is 0. The third kappa shape index (κ3) is 2.83. The van der Waals surface area contributed by atoms with Gasteiger partial charge in [0.15, 0.2) is 0 Å². The van der Waals surface area contributed by atoms with Crippen LogP contribution >= 0.6 is 12.6 Å². The van der Waals surface area contributed by atoms with E-state index >= 15 is 0 Å². The van der Waals surface area contributed by atoms with Gasteiger partial charge in [0.1, 0.15) is 5.69 Å². The summed E-state index contributed by atoms with van der Waals surface area (Å²) in [6.45, 7) is 4.12. The molecule has 0 spiro atoms. The fraction of sp³-hybridized carbons (Fsp3) is 0.111. The van der Waals surface area contributed by atoms with Crippen molar-refractivity contribution in [3.8, 4) is 0 Å². The van der Waals surface area contributed by atoms with Crippen molar-refractivity contribution in [3.05, 3.63) is 65.7 Å². The molecule has 0 radical (unpaired) electrons. The van der Waals surface area contributed by atoms with Gasteiger partial charge >= 0.3 is 0 Å². The zero-order chi connectivity index (χ0) is 14.8. The van der Waals surface area contributed by atoms with Crippen LogP contribution < -0.4 is 0 Å². The average Bonchev–Trinajstić information content (AvgIpc) is 2.48. The predicted octanol–water partition coefficient (Wildman–Crippen LogP) is 6.16. The predicted molar refractivity (Wildman–Crippen MR) is 91.3 cm³/mol. The molecule has 0 N–H and O–H groups in total. The third-order valence-corrected chi connectivity index (χ3v) is 3.85. The summed E-state index contributed by atoms with van der Waals surface area (Å²) in [6.07, 6.45) is 0. The molecule has 3 rings (SSSR count). The number of benzene rings is 3. The molecular weight excluding hydrogens is 276 g/mol. The Morgan fingerprint density at radius 1 is 0.857 bits per heavy atom. The Bertz CT molecular complexity index is 838. The van der Waals surface area contributed by atoms with E-state index in [1.807, 2.05) is 49.4 Å². The number of azo groups is 1. The molecule has 3 aromatic carbocycles. The zero-order valence-corrected chi connectivity index (χ0v) is 12.9. The molecule has 0 unspecified atom stereocenters. The van der Waals surface area contributed by atoms with Gasteiger partial charge < -0.3 is 0 Å². The van der Waals surface area contributed by atoms with Crippen LogP contribution in [0.5, 0.6) is 0 Å². The van der Waals surface area contributed by atoms with Crippen molar-refractivity contribution in [2.24, 2.45) is 10.2 Å². The number of aryl methyl sites for hydroxylation is 2. The molecule has 0 aliphatic heterocycles. The Hall–Kier alpha value is -2.13. The summed E-state index contributed by atoms with van der Waals surface area (Å²) in [6, 6.07) is 18.3. The van der Waals surface area contributed by atoms with E-state index in [0.717, 1.165) is 32.6 Å². The fourth-order valence-electron chi connectivity index (χ4n) is 2.37. The van der Waals surface area contributed by atoms with Gasteiger partial charge in [-0.25, -0.2) is 0 Å². The highest BCUT2D eigenvalue weighted by Crippen LogP contribution is 2.34. The summed E-state index contributed by atoms with van der Waals surface area (Å²) >= 11 is 4.51. The molecule has 0 aromatic heterocycles. The van der Waals surface area contributed by atoms with Crippen molar-refractivity contribution in [3.63, 3.8) is 0 Å². The van der Waals surface area contributed by atoms with Crippen LogP contribution in [-0.2, 0) is 0 Å². The second-order valence-electron chi connectivity index (χ2n) is 5.14. The number of rotatable bonds is 2. The zero-order valence-electron chi connectivity index (χ0n) is 12.0. The summed E-state index contributed by atoms with van der Waals surface area (Å²) in [5.74, 6) is 0. The number of thiol groups is 1. The average molecular weight is 292 g/mol. The first-order valence-electron chi connectivity index (χ1n) is 6.85. The standard InChI is InChI=1S/C18H16N2S/c1-12-7-9-16(13(2)11-12)19-20-18-15-6-4-3-5-14(15)8-10-17(18)21/h3-11,21H,1-2H3. The van der Waals surface area contributed by atoms with Crippen LogP contribution in [0.15, 0.2) is 69.7 Å². The molecule has 0 amide bonds. The maximum absolute atomic E-state index is 4.51. The number of nitrogens with zero attached hydrogens (tertiary/aromatic N) is 2. The molecule has 0 aliphatic carbocycles. The number of hydrogen-bond donors (Lipinski definition) is 1. The first-order chi connectivity index (χ1) is 10.1. The SMILES string of the molecule is Cc1ccc(N=Nc2c(S)ccc3ccccc23)c(C)c1. The van der Waals surface area contributed by atoms with E-state index in [-0.39, 0.29) is 0 Å². The summed E-state index contributed by atoms with van der Waals surface area (Å²) in [7, 11) is 0. The van der Waals surface area contributed by atoms with Crippen LogP contribution in [0.2, 0.25) is 0 Å². The van der Waals surface area contributed by atoms with Crippen LogP contribution in [0.3, 0.4) is 0 Å². The molecule has 0 saturated heterocycles. The molecule has 3 heteroatoms. The molecule has 2 nitrogen and oxygen atoms in total. The molecule has 0 aliphatic rings. The van der Waals surface area contributed by atoms with Gasteiger partial charge in [0, 0.05) is 10.3 Å². The normalized spacial score (nSPS) is 11.4. The van der Waals surface area contributed by atoms with Crippen molar-refractivity contribution < 1.29 is 0 Å². The van der Waals surface area contributed by atoms with Crippen LogP contribution in [0.25, 0.3) is 10.8 Å². The highest BCUT2D eigenvalue weighted by atomic mass is 32.1. The van der Waals surface area contributed by atoms with Gasteiger partial charge in [-0.3, -0.25) is 0 Å². The Labute approximate surface area is 130 Å². The maximum Gasteiger partial charge on any atom is 0.107 e. The highest BCUT2D eigenvalue weighted by molar-refractivity contribution is 7.80. The van der Waals surface area contributed by atoms with Gasteiger partial charge in [-0.05, 0) is 36.9 Å². The van der Waals surface area contributed by atoms with E-state index in [0.29, 0.717) is 0 Å². The Morgan fingerprint density at radius 3 is 2.48 bits per heavy atom. The minimum absolute atomic E-state index is 0.816. The lowest BCUT2D eigenvalue weighted by molar-refractivity contribution is 1.19. The summed E-state index contributed by atoms with van der Waals surface area (Å²) in [4.78, 5) is 0.835. The Morgan fingerprint density at radius 2 is 1.67 bits per heavy atom. The van der Waals surface area contributed by atoms with Crippen molar-refractivity contribution >= 4 is 34.8 Å². The van der Waals surface area contributed by atoms with Crippen molar-refractivity contribution in [1.82, 2.24) is 0 Å². The van der Waals surface area contributed by atoms with Gasteiger partial charge in [-0.15, -0.1) is 17.7 Å². The molecular formula is C18H16N2S. The lowest BCUT2D eigenvalue weighted by Crippen LogP contribution is -1.78. The largest absolute Gasteiger partial charge is 0.150 e. The van der Waals surface area contributed by atoms with Crippen LogP contribution in [0.4, 0.5) is 11.4 Å². The lowest BCUT2D eigenvalue weighted by atomic mass is 10.1. The molecule has 0 saturated carbocycles. The number of hydrogen-bond acceptors (Lipinski definition) is 3. The first kappa shape index (κ1) is 13.8. The van der Waals surface area contributed by atoms with Crippen LogP contribution in [0, 0.1) is 13.8 Å². The molecule has 3 aromatic rings. The molecule has 0 bridgehead atoms. The van der Waals surface area contributed by atoms with E-state index in [1.54, 1.807) is 0 Å². The summed E-state index contributed by atoms with van der Waals surface area (Å²) in [5.41, 5.74) is 4.06. The van der Waals surface area contributed by atoms with Gasteiger partial charge in [0.2, 0.25) is 0 Å². The van der Waals surface area contributed by atoms with Crippen molar-refractivity contribution in [2.75, 3.05) is 0 Å². The molecule has 104 valence electrons. The lowest BCUT2D eigenvalue weighted by Gasteiger charge is -2.05. The topological polar surface area (TPSA) is 24.7 Å². The Balaban J connectivity index is 2.09. The van der Waals surface area contributed by atoms with Crippen LogP contribution in [0.1, 0.15) is 11.1 Å². The maximum atomic E-state index is 4.51. The molecule has 0 atom stereocenters. The third-order valence-electron chi connectivity index (χ3n) is 3.49. The van der Waals surface area contributed by atoms with E-state index in [1.165, 1.54) is 5.56 Å². The molecule has 0 heterocycles. The van der Waals surface area contributed by atoms with E-state index in [4.69, 9.17) is 0 Å². The first-order valence-corrected chi connectivity index (χ1v) is 7.29. The quantitative estimate of drug-likeness (QED) is 0.432. The highest BCUT2D eigenvalue weighted by Gasteiger charge is 2.04. The molecule has 0 fully saturated rings. The van der Waals surface area contributed by atoms with Gasteiger partial charge in [0.05, 0.1) is 5.69 Å². The van der Waals surface area contributed by atoms with Gasteiger partial charge in [-0.2, -0.15) is 5.11 Å². The van der Waals surface area contributed by atoms with Gasteiger partial charge in [0.25, 0.3) is 0 Å².